The van der Waals surface area contributed by atoms with Gasteiger partial charge < -0.3 is 4.74 Å². The normalized spacial score (nSPS) is 11.6. The van der Waals surface area contributed by atoms with Gasteiger partial charge >= 0.3 is 0 Å². The van der Waals surface area contributed by atoms with Gasteiger partial charge in [0.15, 0.2) is 0 Å². The molecule has 0 aliphatic carbocycles. The number of hydrogen-bond acceptors (Lipinski definition) is 2. The van der Waals surface area contributed by atoms with Crippen LogP contribution in [0.3, 0.4) is 0 Å². The molecule has 1 nitrogen and oxygen atoms in total. The molecule has 2 heteroatoms. The first-order chi connectivity index (χ1) is 6.92. The number of aryl methyl sites for hydroxylation is 2. The topological polar surface area (TPSA) is 9.23 Å². The largest absolute Gasteiger partial charge is 0.496 e. The Morgan fingerprint density at radius 1 is 1.27 bits per heavy atom. The number of ether oxygens (including phenoxy) is 1. The van der Waals surface area contributed by atoms with Crippen molar-refractivity contribution in [3.63, 3.8) is 0 Å². The molecule has 15 heavy (non-hydrogen) atoms. The monoisotopic (exact) mass is 224 g/mol. The lowest BCUT2D eigenvalue weighted by Crippen LogP contribution is -2.21. The number of hydrogen-bond donors (Lipinski definition) is 1. The summed E-state index contributed by atoms with van der Waals surface area (Å²) in [6.45, 7) is 8.61. The fourth-order valence-corrected chi connectivity index (χ4v) is 2.19. The van der Waals surface area contributed by atoms with E-state index < -0.39 is 0 Å². The second-order valence-electron chi connectivity index (χ2n) is 4.70. The Hall–Kier alpha value is -0.630. The number of benzene rings is 1. The van der Waals surface area contributed by atoms with Gasteiger partial charge in [-0.1, -0.05) is 19.9 Å². The maximum absolute atomic E-state index is 5.46. The second kappa shape index (κ2) is 4.48. The molecule has 0 spiro atoms. The maximum atomic E-state index is 5.46. The first kappa shape index (κ1) is 12.4. The molecule has 0 unspecified atom stereocenters. The molecule has 0 aromatic heterocycles. The molecule has 1 rings (SSSR count). The highest BCUT2D eigenvalue weighted by atomic mass is 32.1. The van der Waals surface area contributed by atoms with Crippen LogP contribution in [0.1, 0.15) is 30.5 Å². The predicted octanol–water partition coefficient (Wildman–Crippen LogP) is 3.52. The van der Waals surface area contributed by atoms with Crippen LogP contribution in [0.25, 0.3) is 0 Å². The Labute approximate surface area is 98.3 Å². The fraction of sp³-hybridized carbons (Fsp3) is 0.538. The molecule has 0 amide bonds. The average Bonchev–Trinajstić information content (AvgIpc) is 2.15. The lowest BCUT2D eigenvalue weighted by Gasteiger charge is -2.27. The van der Waals surface area contributed by atoms with E-state index >= 15 is 0 Å². The van der Waals surface area contributed by atoms with Gasteiger partial charge in [-0.2, -0.15) is 12.6 Å². The van der Waals surface area contributed by atoms with Crippen LogP contribution in [0.15, 0.2) is 12.1 Å². The van der Waals surface area contributed by atoms with E-state index in [0.29, 0.717) is 0 Å². The highest BCUT2D eigenvalue weighted by molar-refractivity contribution is 7.80. The van der Waals surface area contributed by atoms with E-state index in [0.717, 1.165) is 11.5 Å². The summed E-state index contributed by atoms with van der Waals surface area (Å²) in [5.74, 6) is 1.79. The zero-order chi connectivity index (χ0) is 11.6. The van der Waals surface area contributed by atoms with Gasteiger partial charge in [0, 0.05) is 11.0 Å². The van der Waals surface area contributed by atoms with E-state index in [-0.39, 0.29) is 5.41 Å². The van der Waals surface area contributed by atoms with E-state index in [1.54, 1.807) is 7.11 Å². The molecule has 0 aliphatic heterocycles. The summed E-state index contributed by atoms with van der Waals surface area (Å²) in [6, 6.07) is 4.29. The van der Waals surface area contributed by atoms with Gasteiger partial charge in [-0.15, -0.1) is 0 Å². The summed E-state index contributed by atoms with van der Waals surface area (Å²) < 4.78 is 5.46. The molecule has 0 aliphatic rings. The zero-order valence-corrected chi connectivity index (χ0v) is 11.1. The number of methoxy groups -OCH3 is 1. The Balaban J connectivity index is 3.39. The Morgan fingerprint density at radius 2 is 1.87 bits per heavy atom. The zero-order valence-electron chi connectivity index (χ0n) is 10.2. The fourth-order valence-electron chi connectivity index (χ4n) is 2.04. The molecule has 1 aromatic carbocycles. The molecule has 0 saturated carbocycles. The van der Waals surface area contributed by atoms with E-state index in [9.17, 15) is 0 Å². The number of rotatable bonds is 3. The van der Waals surface area contributed by atoms with Crippen molar-refractivity contribution in [2.75, 3.05) is 12.9 Å². The molecule has 0 atom stereocenters. The Bertz CT molecular complexity index is 356. The summed E-state index contributed by atoms with van der Waals surface area (Å²) in [6.07, 6.45) is 0. The van der Waals surface area contributed by atoms with Gasteiger partial charge in [0.25, 0.3) is 0 Å². The van der Waals surface area contributed by atoms with Gasteiger partial charge in [-0.05, 0) is 36.8 Å². The first-order valence-electron chi connectivity index (χ1n) is 5.19. The SMILES string of the molecule is COc1cc(C)cc(C)c1C(C)(C)CS. The lowest BCUT2D eigenvalue weighted by atomic mass is 9.82. The average molecular weight is 224 g/mol. The van der Waals surface area contributed by atoms with Crippen LogP contribution in [-0.4, -0.2) is 12.9 Å². The van der Waals surface area contributed by atoms with Crippen LogP contribution < -0.4 is 4.74 Å². The van der Waals surface area contributed by atoms with Crippen molar-refractivity contribution in [2.24, 2.45) is 0 Å². The van der Waals surface area contributed by atoms with E-state index in [2.05, 4.69) is 52.5 Å². The van der Waals surface area contributed by atoms with Crippen molar-refractivity contribution in [3.05, 3.63) is 28.8 Å². The van der Waals surface area contributed by atoms with E-state index in [1.807, 2.05) is 0 Å². The predicted molar refractivity (Wildman–Crippen MR) is 69.3 cm³/mol. The molecule has 0 saturated heterocycles. The highest BCUT2D eigenvalue weighted by Gasteiger charge is 2.25. The third-order valence-corrected chi connectivity index (χ3v) is 3.53. The summed E-state index contributed by atoms with van der Waals surface area (Å²) in [7, 11) is 1.73. The van der Waals surface area contributed by atoms with Crippen molar-refractivity contribution in [3.8, 4) is 5.75 Å². The van der Waals surface area contributed by atoms with Crippen LogP contribution in [0.4, 0.5) is 0 Å². The third kappa shape index (κ3) is 2.49. The minimum Gasteiger partial charge on any atom is -0.496 e. The van der Waals surface area contributed by atoms with Crippen LogP contribution >= 0.6 is 12.6 Å². The van der Waals surface area contributed by atoms with E-state index in [4.69, 9.17) is 4.74 Å². The molecule has 84 valence electrons. The van der Waals surface area contributed by atoms with Gasteiger partial charge in [0.05, 0.1) is 7.11 Å². The van der Waals surface area contributed by atoms with Crippen molar-refractivity contribution in [1.82, 2.24) is 0 Å². The highest BCUT2D eigenvalue weighted by Crippen LogP contribution is 2.35. The van der Waals surface area contributed by atoms with Crippen LogP contribution in [0, 0.1) is 13.8 Å². The second-order valence-corrected chi connectivity index (χ2v) is 5.02. The van der Waals surface area contributed by atoms with Gasteiger partial charge in [-0.3, -0.25) is 0 Å². The van der Waals surface area contributed by atoms with Crippen molar-refractivity contribution in [2.45, 2.75) is 33.1 Å². The minimum atomic E-state index is 0.0479. The maximum Gasteiger partial charge on any atom is 0.123 e. The lowest BCUT2D eigenvalue weighted by molar-refractivity contribution is 0.397. The smallest absolute Gasteiger partial charge is 0.123 e. The molecular formula is C13H20OS. The van der Waals surface area contributed by atoms with E-state index in [1.165, 1.54) is 16.7 Å². The summed E-state index contributed by atoms with van der Waals surface area (Å²) in [4.78, 5) is 0. The standard InChI is InChI=1S/C13H20OS/c1-9-6-10(2)12(11(7-9)14-5)13(3,4)8-15/h6-7,15H,8H2,1-5H3. The van der Waals surface area contributed by atoms with Crippen LogP contribution in [0.2, 0.25) is 0 Å². The first-order valence-corrected chi connectivity index (χ1v) is 5.82. The molecule has 0 fully saturated rings. The molecule has 0 radical (unpaired) electrons. The molecular weight excluding hydrogens is 204 g/mol. The van der Waals surface area contributed by atoms with Gasteiger partial charge in [0.2, 0.25) is 0 Å². The van der Waals surface area contributed by atoms with Gasteiger partial charge in [-0.25, -0.2) is 0 Å². The molecule has 1 aromatic rings. The molecule has 0 heterocycles. The van der Waals surface area contributed by atoms with Crippen LogP contribution in [0.5, 0.6) is 5.75 Å². The van der Waals surface area contributed by atoms with Gasteiger partial charge in [0.1, 0.15) is 5.75 Å². The van der Waals surface area contributed by atoms with Crippen LogP contribution in [-0.2, 0) is 5.41 Å². The third-order valence-electron chi connectivity index (χ3n) is 2.74. The summed E-state index contributed by atoms with van der Waals surface area (Å²) in [5, 5.41) is 0. The molecule has 0 N–H and O–H groups in total. The number of thiol groups is 1. The summed E-state index contributed by atoms with van der Waals surface area (Å²) >= 11 is 4.42. The van der Waals surface area contributed by atoms with Crippen molar-refractivity contribution < 1.29 is 4.74 Å². The Kier molecular flexibility index (Phi) is 3.72. The van der Waals surface area contributed by atoms with Crippen molar-refractivity contribution in [1.29, 1.82) is 0 Å². The van der Waals surface area contributed by atoms with Crippen molar-refractivity contribution >= 4 is 12.6 Å². The Morgan fingerprint density at radius 3 is 2.33 bits per heavy atom. The molecule has 0 bridgehead atoms. The summed E-state index contributed by atoms with van der Waals surface area (Å²) in [5.41, 5.74) is 3.84. The quantitative estimate of drug-likeness (QED) is 0.773. The minimum absolute atomic E-state index is 0.0479.